The van der Waals surface area contributed by atoms with E-state index in [0.717, 1.165) is 31.2 Å². The molecule has 1 amide bonds. The number of hydrogen-bond acceptors (Lipinski definition) is 5. The Balaban J connectivity index is 1.32. The predicted octanol–water partition coefficient (Wildman–Crippen LogP) is 2.55. The molecule has 4 rings (SSSR count). The normalized spacial score (nSPS) is 22.0. The van der Waals surface area contributed by atoms with Gasteiger partial charge in [-0.3, -0.25) is 4.79 Å². The second-order valence-electron chi connectivity index (χ2n) is 6.71. The van der Waals surface area contributed by atoms with Crippen LogP contribution in [0.5, 0.6) is 11.5 Å². The standard InChI is InChI=1S/C18H21ClN4O3/c19-15-9-17-16(25-5-6-26-17)7-12(15)8-18(24)22-13-1-3-14(4-2-13)23-11-20-10-21-23/h7,9-11,13-14H,1-6,8H2,(H,22,24). The average molecular weight is 377 g/mol. The molecule has 1 fully saturated rings. The molecule has 1 aliphatic heterocycles. The largest absolute Gasteiger partial charge is 0.486 e. The van der Waals surface area contributed by atoms with E-state index in [2.05, 4.69) is 15.4 Å². The van der Waals surface area contributed by atoms with Crippen LogP contribution in [0.25, 0.3) is 0 Å². The van der Waals surface area contributed by atoms with E-state index >= 15 is 0 Å². The van der Waals surface area contributed by atoms with Crippen molar-refractivity contribution in [3.63, 3.8) is 0 Å². The van der Waals surface area contributed by atoms with Gasteiger partial charge in [-0.1, -0.05) is 11.6 Å². The van der Waals surface area contributed by atoms with Gasteiger partial charge in [0, 0.05) is 17.1 Å². The molecule has 1 aromatic carbocycles. The summed E-state index contributed by atoms with van der Waals surface area (Å²) in [4.78, 5) is 16.4. The van der Waals surface area contributed by atoms with Crippen LogP contribution in [0.3, 0.4) is 0 Å². The molecule has 138 valence electrons. The summed E-state index contributed by atoms with van der Waals surface area (Å²) in [6.07, 6.45) is 7.39. The minimum Gasteiger partial charge on any atom is -0.486 e. The van der Waals surface area contributed by atoms with Crippen molar-refractivity contribution in [2.75, 3.05) is 13.2 Å². The maximum Gasteiger partial charge on any atom is 0.224 e. The molecule has 1 N–H and O–H groups in total. The number of nitrogens with one attached hydrogen (secondary N) is 1. The zero-order valence-corrected chi connectivity index (χ0v) is 15.1. The van der Waals surface area contributed by atoms with Crippen molar-refractivity contribution in [3.05, 3.63) is 35.4 Å². The highest BCUT2D eigenvalue weighted by molar-refractivity contribution is 6.31. The van der Waals surface area contributed by atoms with Crippen LogP contribution in [0.1, 0.15) is 37.3 Å². The van der Waals surface area contributed by atoms with Crippen LogP contribution in [0.2, 0.25) is 5.02 Å². The number of nitrogens with zero attached hydrogens (tertiary/aromatic N) is 3. The molecule has 2 heterocycles. The summed E-state index contributed by atoms with van der Waals surface area (Å²) in [7, 11) is 0. The number of benzene rings is 1. The summed E-state index contributed by atoms with van der Waals surface area (Å²) < 4.78 is 13.0. The molecule has 0 unspecified atom stereocenters. The summed E-state index contributed by atoms with van der Waals surface area (Å²) in [5, 5.41) is 7.86. The third-order valence-corrected chi connectivity index (χ3v) is 5.29. The highest BCUT2D eigenvalue weighted by Gasteiger charge is 2.24. The molecule has 7 nitrogen and oxygen atoms in total. The van der Waals surface area contributed by atoms with Crippen LogP contribution in [0, 0.1) is 0 Å². The molecule has 1 aromatic heterocycles. The third kappa shape index (κ3) is 3.77. The van der Waals surface area contributed by atoms with Crippen molar-refractivity contribution in [2.45, 2.75) is 44.2 Å². The molecule has 0 saturated heterocycles. The van der Waals surface area contributed by atoms with Gasteiger partial charge in [0.2, 0.25) is 5.91 Å². The maximum absolute atomic E-state index is 12.4. The molecule has 0 radical (unpaired) electrons. The molecule has 0 bridgehead atoms. The first-order valence-corrected chi connectivity index (χ1v) is 9.28. The van der Waals surface area contributed by atoms with Crippen LogP contribution in [0.15, 0.2) is 24.8 Å². The first kappa shape index (κ1) is 17.1. The number of amides is 1. The van der Waals surface area contributed by atoms with Crippen LogP contribution < -0.4 is 14.8 Å². The number of carbonyl (C=O) groups is 1. The minimum absolute atomic E-state index is 0.0206. The lowest BCUT2D eigenvalue weighted by Crippen LogP contribution is -2.38. The summed E-state index contributed by atoms with van der Waals surface area (Å²) in [5.74, 6) is 1.27. The van der Waals surface area contributed by atoms with E-state index < -0.39 is 0 Å². The van der Waals surface area contributed by atoms with Gasteiger partial charge >= 0.3 is 0 Å². The fraction of sp³-hybridized carbons (Fsp3) is 0.500. The van der Waals surface area contributed by atoms with Crippen LogP contribution >= 0.6 is 11.6 Å². The smallest absolute Gasteiger partial charge is 0.224 e. The van der Waals surface area contributed by atoms with E-state index in [1.165, 1.54) is 0 Å². The van der Waals surface area contributed by atoms with Gasteiger partial charge in [-0.15, -0.1) is 0 Å². The summed E-state index contributed by atoms with van der Waals surface area (Å²) in [6.45, 7) is 1.02. The van der Waals surface area contributed by atoms with Crippen LogP contribution in [-0.4, -0.2) is 39.9 Å². The quantitative estimate of drug-likeness (QED) is 0.887. The molecule has 26 heavy (non-hydrogen) atoms. The molecule has 1 aliphatic carbocycles. The molecular formula is C18H21ClN4O3. The Bertz CT molecular complexity index is 773. The summed E-state index contributed by atoms with van der Waals surface area (Å²) in [6, 6.07) is 4.09. The van der Waals surface area contributed by atoms with Gasteiger partial charge in [-0.2, -0.15) is 5.10 Å². The Morgan fingerprint density at radius 2 is 1.92 bits per heavy atom. The SMILES string of the molecule is O=C(Cc1cc2c(cc1Cl)OCCO2)NC1CCC(n2cncn2)CC1. The fourth-order valence-corrected chi connectivity index (χ4v) is 3.80. The highest BCUT2D eigenvalue weighted by Crippen LogP contribution is 2.35. The second kappa shape index (κ2) is 7.53. The van der Waals surface area contributed by atoms with Gasteiger partial charge in [0.1, 0.15) is 25.9 Å². The molecule has 0 spiro atoms. The Morgan fingerprint density at radius 3 is 2.62 bits per heavy atom. The van der Waals surface area contributed by atoms with E-state index in [0.29, 0.717) is 35.8 Å². The van der Waals surface area contributed by atoms with E-state index in [9.17, 15) is 4.79 Å². The number of halogens is 1. The lowest BCUT2D eigenvalue weighted by molar-refractivity contribution is -0.121. The van der Waals surface area contributed by atoms with Crippen molar-refractivity contribution >= 4 is 17.5 Å². The third-order valence-electron chi connectivity index (χ3n) is 4.93. The van der Waals surface area contributed by atoms with Crippen LogP contribution in [0.4, 0.5) is 0 Å². The fourth-order valence-electron chi connectivity index (χ4n) is 3.58. The number of fused-ring (bicyclic) bond motifs is 1. The Morgan fingerprint density at radius 1 is 1.19 bits per heavy atom. The lowest BCUT2D eigenvalue weighted by Gasteiger charge is -2.29. The first-order chi connectivity index (χ1) is 12.7. The molecule has 1 saturated carbocycles. The Kier molecular flexibility index (Phi) is 4.97. The first-order valence-electron chi connectivity index (χ1n) is 8.90. The minimum atomic E-state index is -0.0206. The topological polar surface area (TPSA) is 78.3 Å². The summed E-state index contributed by atoms with van der Waals surface area (Å²) in [5.41, 5.74) is 0.754. The molecule has 2 aliphatic rings. The molecule has 0 atom stereocenters. The Hall–Kier alpha value is -2.28. The lowest BCUT2D eigenvalue weighted by atomic mass is 9.91. The van der Waals surface area contributed by atoms with Gasteiger partial charge in [0.25, 0.3) is 0 Å². The predicted molar refractivity (Wildman–Crippen MR) is 95.6 cm³/mol. The maximum atomic E-state index is 12.4. The average Bonchev–Trinajstić information content (AvgIpc) is 3.17. The Labute approximate surface area is 156 Å². The molecule has 8 heteroatoms. The summed E-state index contributed by atoms with van der Waals surface area (Å²) >= 11 is 6.29. The second-order valence-corrected chi connectivity index (χ2v) is 7.12. The van der Waals surface area contributed by atoms with Gasteiger partial charge < -0.3 is 14.8 Å². The number of rotatable bonds is 4. The van der Waals surface area contributed by atoms with Gasteiger partial charge in [0.15, 0.2) is 11.5 Å². The number of hydrogen-bond donors (Lipinski definition) is 1. The van der Waals surface area contributed by atoms with Crippen molar-refractivity contribution in [3.8, 4) is 11.5 Å². The number of ether oxygens (including phenoxy) is 2. The van der Waals surface area contributed by atoms with E-state index in [-0.39, 0.29) is 18.4 Å². The zero-order chi connectivity index (χ0) is 17.9. The van der Waals surface area contributed by atoms with Gasteiger partial charge in [0.05, 0.1) is 12.5 Å². The highest BCUT2D eigenvalue weighted by atomic mass is 35.5. The number of carbonyl (C=O) groups excluding carboxylic acids is 1. The van der Waals surface area contributed by atoms with Crippen molar-refractivity contribution in [1.82, 2.24) is 20.1 Å². The number of aromatic nitrogens is 3. The molecule has 2 aromatic rings. The van der Waals surface area contributed by atoms with E-state index in [1.54, 1.807) is 24.8 Å². The van der Waals surface area contributed by atoms with Crippen molar-refractivity contribution < 1.29 is 14.3 Å². The van der Waals surface area contributed by atoms with Crippen molar-refractivity contribution in [1.29, 1.82) is 0 Å². The molecular weight excluding hydrogens is 356 g/mol. The zero-order valence-electron chi connectivity index (χ0n) is 14.4. The van der Waals surface area contributed by atoms with Crippen LogP contribution in [-0.2, 0) is 11.2 Å². The van der Waals surface area contributed by atoms with Gasteiger partial charge in [-0.25, -0.2) is 9.67 Å². The van der Waals surface area contributed by atoms with Crippen molar-refractivity contribution in [2.24, 2.45) is 0 Å². The monoisotopic (exact) mass is 376 g/mol. The van der Waals surface area contributed by atoms with E-state index in [1.807, 2.05) is 4.68 Å². The van der Waals surface area contributed by atoms with E-state index in [4.69, 9.17) is 21.1 Å². The van der Waals surface area contributed by atoms with Gasteiger partial charge in [-0.05, 0) is 37.3 Å².